The largest absolute Gasteiger partial charge is 0.452 e. The van der Waals surface area contributed by atoms with Crippen molar-refractivity contribution in [3.05, 3.63) is 0 Å². The minimum absolute atomic E-state index is 0.0421. The molecule has 0 bridgehead atoms. The molecule has 1 heterocycles. The Morgan fingerprint density at radius 3 is 2.25 bits per heavy atom. The van der Waals surface area contributed by atoms with E-state index in [4.69, 9.17) is 4.74 Å². The summed E-state index contributed by atoms with van der Waals surface area (Å²) in [6, 6.07) is 0.210. The average molecular weight is 336 g/mol. The number of carbonyl (C=O) groups excluding carboxylic acids is 4. The number of hydrogen-bond acceptors (Lipinski definition) is 5. The molecule has 2 aliphatic carbocycles. The molecule has 24 heavy (non-hydrogen) atoms. The first-order chi connectivity index (χ1) is 11.5. The van der Waals surface area contributed by atoms with Crippen molar-refractivity contribution in [3.8, 4) is 0 Å². The van der Waals surface area contributed by atoms with Gasteiger partial charge in [0, 0.05) is 12.6 Å². The fourth-order valence-corrected chi connectivity index (χ4v) is 3.51. The number of nitrogens with one attached hydrogen (secondary N) is 1. The highest BCUT2D eigenvalue weighted by atomic mass is 16.5. The van der Waals surface area contributed by atoms with Crippen molar-refractivity contribution < 1.29 is 23.9 Å². The molecule has 3 fully saturated rings. The van der Waals surface area contributed by atoms with Gasteiger partial charge in [0.2, 0.25) is 11.8 Å². The van der Waals surface area contributed by atoms with Crippen molar-refractivity contribution in [1.29, 1.82) is 0 Å². The highest BCUT2D eigenvalue weighted by Gasteiger charge is 2.47. The standard InChI is InChI=1S/C17H24N2O5/c1-10(15(21)18-11-6-7-11)24-14(20)8-9-19-16(22)12-4-2-3-5-13(12)17(19)23/h10-13H,2-9H2,1H3,(H,18,21)/t10-,12-,13+/m1/s1. The molecule has 0 radical (unpaired) electrons. The molecule has 1 saturated heterocycles. The first-order valence-electron chi connectivity index (χ1n) is 8.82. The second-order valence-corrected chi connectivity index (χ2v) is 6.99. The third-order valence-electron chi connectivity index (χ3n) is 5.07. The Kier molecular flexibility index (Phi) is 4.87. The lowest BCUT2D eigenvalue weighted by atomic mass is 9.81. The minimum Gasteiger partial charge on any atom is -0.452 e. The van der Waals surface area contributed by atoms with E-state index in [0.29, 0.717) is 0 Å². The number of hydrogen-bond donors (Lipinski definition) is 1. The lowest BCUT2D eigenvalue weighted by Gasteiger charge is -2.19. The highest BCUT2D eigenvalue weighted by molar-refractivity contribution is 6.05. The summed E-state index contributed by atoms with van der Waals surface area (Å²) in [6.45, 7) is 1.57. The van der Waals surface area contributed by atoms with Crippen LogP contribution in [-0.2, 0) is 23.9 Å². The molecule has 2 saturated carbocycles. The Morgan fingerprint density at radius 2 is 1.71 bits per heavy atom. The molecule has 3 atom stereocenters. The van der Waals surface area contributed by atoms with Crippen molar-refractivity contribution in [3.63, 3.8) is 0 Å². The van der Waals surface area contributed by atoms with Gasteiger partial charge in [-0.1, -0.05) is 12.8 Å². The molecule has 3 aliphatic rings. The number of likely N-dealkylation sites (tertiary alicyclic amines) is 1. The monoisotopic (exact) mass is 336 g/mol. The van der Waals surface area contributed by atoms with Crippen molar-refractivity contribution in [1.82, 2.24) is 10.2 Å². The number of rotatable bonds is 6. The van der Waals surface area contributed by atoms with Crippen LogP contribution < -0.4 is 5.32 Å². The molecule has 0 aromatic heterocycles. The Labute approximate surface area is 141 Å². The maximum Gasteiger partial charge on any atom is 0.308 e. The summed E-state index contributed by atoms with van der Waals surface area (Å²) in [7, 11) is 0. The van der Waals surface area contributed by atoms with Gasteiger partial charge in [0.1, 0.15) is 0 Å². The summed E-state index contributed by atoms with van der Waals surface area (Å²) in [5, 5.41) is 2.77. The van der Waals surface area contributed by atoms with Crippen molar-refractivity contribution in [2.75, 3.05) is 6.54 Å². The number of ether oxygens (including phenoxy) is 1. The van der Waals surface area contributed by atoms with Crippen LogP contribution in [0.4, 0.5) is 0 Å². The maximum atomic E-state index is 12.3. The van der Waals surface area contributed by atoms with E-state index in [9.17, 15) is 19.2 Å². The Bertz CT molecular complexity index is 533. The topological polar surface area (TPSA) is 92.8 Å². The van der Waals surface area contributed by atoms with Crippen LogP contribution in [0.3, 0.4) is 0 Å². The molecule has 0 spiro atoms. The van der Waals surface area contributed by atoms with E-state index in [1.54, 1.807) is 0 Å². The summed E-state index contributed by atoms with van der Waals surface area (Å²) in [5.41, 5.74) is 0. The Balaban J connectivity index is 1.46. The van der Waals surface area contributed by atoms with Crippen LogP contribution in [0.15, 0.2) is 0 Å². The third kappa shape index (κ3) is 3.60. The van der Waals surface area contributed by atoms with Crippen LogP contribution in [-0.4, -0.2) is 47.3 Å². The van der Waals surface area contributed by atoms with Gasteiger partial charge in [0.15, 0.2) is 6.10 Å². The lowest BCUT2D eigenvalue weighted by Crippen LogP contribution is -2.38. The molecule has 7 nitrogen and oxygen atoms in total. The number of carbonyl (C=O) groups is 4. The Hall–Kier alpha value is -1.92. The molecule has 0 aromatic carbocycles. The summed E-state index contributed by atoms with van der Waals surface area (Å²) in [5.74, 6) is -1.58. The molecule has 3 amide bonds. The molecule has 0 aromatic rings. The van der Waals surface area contributed by atoms with Gasteiger partial charge in [-0.15, -0.1) is 0 Å². The van der Waals surface area contributed by atoms with Gasteiger partial charge >= 0.3 is 5.97 Å². The zero-order valence-corrected chi connectivity index (χ0v) is 14.0. The number of esters is 1. The van der Waals surface area contributed by atoms with Crippen LogP contribution in [0.25, 0.3) is 0 Å². The SMILES string of the molecule is C[C@@H](OC(=O)CCN1C(=O)[C@H]2CCCC[C@H]2C1=O)C(=O)NC1CC1. The zero-order chi connectivity index (χ0) is 17.3. The van der Waals surface area contributed by atoms with Crippen LogP contribution >= 0.6 is 0 Å². The van der Waals surface area contributed by atoms with Gasteiger partial charge in [-0.2, -0.15) is 0 Å². The number of amides is 3. The summed E-state index contributed by atoms with van der Waals surface area (Å²) < 4.78 is 5.09. The molecule has 0 unspecified atom stereocenters. The van der Waals surface area contributed by atoms with Crippen molar-refractivity contribution in [2.24, 2.45) is 11.8 Å². The van der Waals surface area contributed by atoms with Gasteiger partial charge in [-0.05, 0) is 32.6 Å². The molecule has 1 N–H and O–H groups in total. The smallest absolute Gasteiger partial charge is 0.308 e. The van der Waals surface area contributed by atoms with Gasteiger partial charge in [0.05, 0.1) is 18.3 Å². The van der Waals surface area contributed by atoms with E-state index < -0.39 is 12.1 Å². The van der Waals surface area contributed by atoms with Gasteiger partial charge in [-0.25, -0.2) is 0 Å². The van der Waals surface area contributed by atoms with Gasteiger partial charge in [-0.3, -0.25) is 24.1 Å². The second-order valence-electron chi connectivity index (χ2n) is 6.99. The number of imide groups is 1. The van der Waals surface area contributed by atoms with Crippen LogP contribution in [0.1, 0.15) is 51.9 Å². The zero-order valence-electron chi connectivity index (χ0n) is 14.0. The first kappa shape index (κ1) is 16.9. The maximum absolute atomic E-state index is 12.3. The fourth-order valence-electron chi connectivity index (χ4n) is 3.51. The van der Waals surface area contributed by atoms with Crippen LogP contribution in [0, 0.1) is 11.8 Å². The normalized spacial score (nSPS) is 27.6. The van der Waals surface area contributed by atoms with E-state index in [0.717, 1.165) is 38.5 Å². The summed E-state index contributed by atoms with van der Waals surface area (Å²) >= 11 is 0. The van der Waals surface area contributed by atoms with E-state index in [1.165, 1.54) is 11.8 Å². The molecule has 132 valence electrons. The number of fused-ring (bicyclic) bond motifs is 1. The van der Waals surface area contributed by atoms with Crippen LogP contribution in [0.5, 0.6) is 0 Å². The quantitative estimate of drug-likeness (QED) is 0.571. The molecular weight excluding hydrogens is 312 g/mol. The van der Waals surface area contributed by atoms with Gasteiger partial charge in [0.25, 0.3) is 5.91 Å². The fraction of sp³-hybridized carbons (Fsp3) is 0.765. The Morgan fingerprint density at radius 1 is 1.12 bits per heavy atom. The predicted octanol–water partition coefficient (Wildman–Crippen LogP) is 0.762. The van der Waals surface area contributed by atoms with E-state index in [2.05, 4.69) is 5.32 Å². The third-order valence-corrected chi connectivity index (χ3v) is 5.07. The predicted molar refractivity (Wildman–Crippen MR) is 83.5 cm³/mol. The molecule has 3 rings (SSSR count). The van der Waals surface area contributed by atoms with Crippen molar-refractivity contribution >= 4 is 23.7 Å². The lowest BCUT2D eigenvalue weighted by molar-refractivity contribution is -0.155. The van der Waals surface area contributed by atoms with Crippen molar-refractivity contribution in [2.45, 2.75) is 64.0 Å². The van der Waals surface area contributed by atoms with Crippen LogP contribution in [0.2, 0.25) is 0 Å². The van der Waals surface area contributed by atoms with E-state index >= 15 is 0 Å². The first-order valence-corrected chi connectivity index (χ1v) is 8.82. The minimum atomic E-state index is -0.856. The number of nitrogens with zero attached hydrogens (tertiary/aromatic N) is 1. The molecular formula is C17H24N2O5. The molecule has 1 aliphatic heterocycles. The second kappa shape index (κ2) is 6.91. The van der Waals surface area contributed by atoms with E-state index in [-0.39, 0.29) is 48.6 Å². The molecule has 7 heteroatoms. The summed E-state index contributed by atoms with van der Waals surface area (Å²) in [4.78, 5) is 49.5. The van der Waals surface area contributed by atoms with E-state index in [1.807, 2.05) is 0 Å². The van der Waals surface area contributed by atoms with Gasteiger partial charge < -0.3 is 10.1 Å². The summed E-state index contributed by atoms with van der Waals surface area (Å²) in [6.07, 6.45) is 4.47. The highest BCUT2D eigenvalue weighted by Crippen LogP contribution is 2.37. The average Bonchev–Trinajstić information content (AvgIpc) is 3.34.